The van der Waals surface area contributed by atoms with E-state index in [0.717, 1.165) is 27.2 Å². The topological polar surface area (TPSA) is 47.1 Å². The first-order chi connectivity index (χ1) is 8.17. The van der Waals surface area contributed by atoms with E-state index in [9.17, 15) is 0 Å². The third-order valence-corrected chi connectivity index (χ3v) is 3.18. The third-order valence-electron chi connectivity index (χ3n) is 2.58. The lowest BCUT2D eigenvalue weighted by molar-refractivity contribution is 0.355. The van der Waals surface area contributed by atoms with Gasteiger partial charge in [0.2, 0.25) is 0 Å². The Labute approximate surface area is 108 Å². The van der Waals surface area contributed by atoms with Crippen LogP contribution >= 0.6 is 15.9 Å². The number of nitrogens with one attached hydrogen (secondary N) is 1. The molecule has 1 heterocycles. The SMILES string of the molecule is COc1cc(C)c(-c2nc[nH]c2Br)cc1OC. The lowest BCUT2D eigenvalue weighted by Gasteiger charge is -2.11. The van der Waals surface area contributed by atoms with Crippen molar-refractivity contribution in [3.8, 4) is 22.8 Å². The summed E-state index contributed by atoms with van der Waals surface area (Å²) in [5, 5.41) is 0. The Bertz CT molecular complexity index is 537. The summed E-state index contributed by atoms with van der Waals surface area (Å²) in [4.78, 5) is 7.27. The predicted octanol–water partition coefficient (Wildman–Crippen LogP) is 3.16. The molecule has 0 saturated heterocycles. The Hall–Kier alpha value is -1.49. The molecule has 17 heavy (non-hydrogen) atoms. The fourth-order valence-electron chi connectivity index (χ4n) is 1.70. The largest absolute Gasteiger partial charge is 0.493 e. The van der Waals surface area contributed by atoms with E-state index < -0.39 is 0 Å². The summed E-state index contributed by atoms with van der Waals surface area (Å²) in [6.07, 6.45) is 1.65. The first-order valence-electron chi connectivity index (χ1n) is 5.09. The van der Waals surface area contributed by atoms with Crippen LogP contribution in [0.3, 0.4) is 0 Å². The minimum Gasteiger partial charge on any atom is -0.493 e. The van der Waals surface area contributed by atoms with Crippen LogP contribution in [0.2, 0.25) is 0 Å². The lowest BCUT2D eigenvalue weighted by atomic mass is 10.1. The number of hydrogen-bond donors (Lipinski definition) is 1. The Morgan fingerprint density at radius 1 is 1.18 bits per heavy atom. The minimum atomic E-state index is 0.697. The van der Waals surface area contributed by atoms with Gasteiger partial charge in [0.05, 0.1) is 20.5 Å². The van der Waals surface area contributed by atoms with Gasteiger partial charge in [-0.25, -0.2) is 4.98 Å². The molecule has 0 amide bonds. The van der Waals surface area contributed by atoms with E-state index in [1.165, 1.54) is 0 Å². The van der Waals surface area contributed by atoms with Gasteiger partial charge in [0.15, 0.2) is 11.5 Å². The number of benzene rings is 1. The minimum absolute atomic E-state index is 0.697. The third kappa shape index (κ3) is 2.15. The van der Waals surface area contributed by atoms with Gasteiger partial charge in [0.25, 0.3) is 0 Å². The molecule has 1 aromatic heterocycles. The molecule has 0 aliphatic carbocycles. The summed E-state index contributed by atoms with van der Waals surface area (Å²) >= 11 is 3.43. The molecule has 5 heteroatoms. The number of rotatable bonds is 3. The van der Waals surface area contributed by atoms with Gasteiger partial charge >= 0.3 is 0 Å². The second-order valence-corrected chi connectivity index (χ2v) is 4.38. The molecule has 0 fully saturated rings. The highest BCUT2D eigenvalue weighted by molar-refractivity contribution is 9.10. The number of imidazole rings is 1. The molecule has 2 aromatic rings. The number of aryl methyl sites for hydroxylation is 1. The number of halogens is 1. The zero-order valence-corrected chi connectivity index (χ0v) is 11.5. The van der Waals surface area contributed by atoms with E-state index in [-0.39, 0.29) is 0 Å². The molecular weight excluding hydrogens is 284 g/mol. The molecule has 0 spiro atoms. The van der Waals surface area contributed by atoms with Crippen molar-refractivity contribution in [2.24, 2.45) is 0 Å². The molecule has 0 bridgehead atoms. The standard InChI is InChI=1S/C12H13BrN2O2/c1-7-4-9(16-2)10(17-3)5-8(7)11-12(13)15-6-14-11/h4-6H,1-3H3,(H,14,15). The maximum absolute atomic E-state index is 5.29. The van der Waals surface area contributed by atoms with Crippen LogP contribution in [0, 0.1) is 6.92 Å². The summed E-state index contributed by atoms with van der Waals surface area (Å²) in [6, 6.07) is 3.87. The average molecular weight is 297 g/mol. The van der Waals surface area contributed by atoms with Gasteiger partial charge < -0.3 is 14.5 Å². The summed E-state index contributed by atoms with van der Waals surface area (Å²) in [5.41, 5.74) is 2.95. The van der Waals surface area contributed by atoms with E-state index in [4.69, 9.17) is 9.47 Å². The van der Waals surface area contributed by atoms with Crippen molar-refractivity contribution in [2.75, 3.05) is 14.2 Å². The number of hydrogen-bond acceptors (Lipinski definition) is 3. The Morgan fingerprint density at radius 3 is 2.35 bits per heavy atom. The van der Waals surface area contributed by atoms with Crippen molar-refractivity contribution in [3.63, 3.8) is 0 Å². The van der Waals surface area contributed by atoms with Crippen molar-refractivity contribution in [1.29, 1.82) is 0 Å². The first-order valence-corrected chi connectivity index (χ1v) is 5.88. The van der Waals surface area contributed by atoms with Gasteiger partial charge in [-0.2, -0.15) is 0 Å². The van der Waals surface area contributed by atoms with Crippen molar-refractivity contribution in [2.45, 2.75) is 6.92 Å². The number of H-pyrrole nitrogens is 1. The van der Waals surface area contributed by atoms with Crippen LogP contribution in [0.1, 0.15) is 5.56 Å². The van der Waals surface area contributed by atoms with E-state index in [0.29, 0.717) is 5.75 Å². The van der Waals surface area contributed by atoms with Crippen LogP contribution in [0.15, 0.2) is 23.1 Å². The second kappa shape index (κ2) is 4.79. The van der Waals surface area contributed by atoms with Crippen LogP contribution in [0.4, 0.5) is 0 Å². The maximum Gasteiger partial charge on any atom is 0.161 e. The molecule has 0 aliphatic heterocycles. The lowest BCUT2D eigenvalue weighted by Crippen LogP contribution is -1.93. The Morgan fingerprint density at radius 2 is 1.82 bits per heavy atom. The number of aromatic nitrogens is 2. The fourth-order valence-corrected chi connectivity index (χ4v) is 2.12. The molecule has 0 radical (unpaired) electrons. The molecule has 1 N–H and O–H groups in total. The smallest absolute Gasteiger partial charge is 0.161 e. The highest BCUT2D eigenvalue weighted by Gasteiger charge is 2.13. The second-order valence-electron chi connectivity index (χ2n) is 3.59. The van der Waals surface area contributed by atoms with Gasteiger partial charge in [-0.1, -0.05) is 0 Å². The van der Waals surface area contributed by atoms with Crippen LogP contribution in [-0.2, 0) is 0 Å². The van der Waals surface area contributed by atoms with Crippen molar-refractivity contribution in [3.05, 3.63) is 28.6 Å². The van der Waals surface area contributed by atoms with Gasteiger partial charge in [-0.3, -0.25) is 0 Å². The highest BCUT2D eigenvalue weighted by Crippen LogP contribution is 2.36. The number of aromatic amines is 1. The molecule has 0 atom stereocenters. The maximum atomic E-state index is 5.29. The molecule has 1 aromatic carbocycles. The molecule has 0 aliphatic rings. The van der Waals surface area contributed by atoms with Gasteiger partial charge in [-0.05, 0) is 40.5 Å². The average Bonchev–Trinajstić information content (AvgIpc) is 2.75. The zero-order valence-electron chi connectivity index (χ0n) is 9.87. The van der Waals surface area contributed by atoms with Gasteiger partial charge in [-0.15, -0.1) is 0 Å². The van der Waals surface area contributed by atoms with E-state index in [1.807, 2.05) is 19.1 Å². The van der Waals surface area contributed by atoms with Crippen LogP contribution in [-0.4, -0.2) is 24.2 Å². The van der Waals surface area contributed by atoms with Crippen LogP contribution in [0.5, 0.6) is 11.5 Å². The van der Waals surface area contributed by atoms with E-state index in [1.54, 1.807) is 20.5 Å². The highest BCUT2D eigenvalue weighted by atomic mass is 79.9. The monoisotopic (exact) mass is 296 g/mol. The number of methoxy groups -OCH3 is 2. The fraction of sp³-hybridized carbons (Fsp3) is 0.250. The number of nitrogens with zero attached hydrogens (tertiary/aromatic N) is 1. The molecule has 90 valence electrons. The van der Waals surface area contributed by atoms with E-state index >= 15 is 0 Å². The molecule has 0 saturated carbocycles. The van der Waals surface area contributed by atoms with Crippen molar-refractivity contribution in [1.82, 2.24) is 9.97 Å². The summed E-state index contributed by atoms with van der Waals surface area (Å²) in [6.45, 7) is 2.01. The zero-order chi connectivity index (χ0) is 12.4. The Kier molecular flexibility index (Phi) is 3.38. The van der Waals surface area contributed by atoms with Crippen molar-refractivity contribution < 1.29 is 9.47 Å². The molecule has 2 rings (SSSR count). The quantitative estimate of drug-likeness (QED) is 0.946. The van der Waals surface area contributed by atoms with E-state index in [2.05, 4.69) is 25.9 Å². The molecular formula is C12H13BrN2O2. The van der Waals surface area contributed by atoms with Crippen LogP contribution in [0.25, 0.3) is 11.3 Å². The first kappa shape index (κ1) is 12.0. The summed E-state index contributed by atoms with van der Waals surface area (Å²) < 4.78 is 11.4. The number of ether oxygens (including phenoxy) is 2. The van der Waals surface area contributed by atoms with Gasteiger partial charge in [0, 0.05) is 5.56 Å². The summed E-state index contributed by atoms with van der Waals surface area (Å²) in [5.74, 6) is 1.42. The van der Waals surface area contributed by atoms with Gasteiger partial charge in [0.1, 0.15) is 10.3 Å². The summed E-state index contributed by atoms with van der Waals surface area (Å²) in [7, 11) is 3.25. The normalized spacial score (nSPS) is 10.4. The Balaban J connectivity index is 2.59. The molecule has 0 unspecified atom stereocenters. The predicted molar refractivity (Wildman–Crippen MR) is 69.6 cm³/mol. The molecule has 4 nitrogen and oxygen atoms in total. The van der Waals surface area contributed by atoms with Crippen LogP contribution < -0.4 is 9.47 Å². The van der Waals surface area contributed by atoms with Crippen molar-refractivity contribution >= 4 is 15.9 Å².